The summed E-state index contributed by atoms with van der Waals surface area (Å²) < 4.78 is 16.1. The van der Waals surface area contributed by atoms with Gasteiger partial charge in [0.1, 0.15) is 18.3 Å². The Balaban J connectivity index is 2.01. The molecule has 1 aromatic carbocycles. The quantitative estimate of drug-likeness (QED) is 0.167. The maximum atomic E-state index is 12.2. The highest BCUT2D eigenvalue weighted by Crippen LogP contribution is 2.54. The first-order chi connectivity index (χ1) is 17.6. The predicted molar refractivity (Wildman–Crippen MR) is 125 cm³/mol. The first-order valence-corrected chi connectivity index (χ1v) is 11.7. The molecule has 38 heavy (non-hydrogen) atoms. The van der Waals surface area contributed by atoms with E-state index in [4.69, 9.17) is 14.2 Å². The fourth-order valence-electron chi connectivity index (χ4n) is 5.13. The lowest BCUT2D eigenvalue weighted by molar-refractivity contribution is -0.371. The lowest BCUT2D eigenvalue weighted by Gasteiger charge is -2.48. The van der Waals surface area contributed by atoms with Crippen molar-refractivity contribution in [2.24, 2.45) is 5.92 Å². The molecule has 6 N–H and O–H groups in total. The van der Waals surface area contributed by atoms with Gasteiger partial charge in [-0.15, -0.1) is 0 Å². The lowest BCUT2D eigenvalue weighted by atomic mass is 9.74. The third-order valence-corrected chi connectivity index (χ3v) is 7.00. The number of carbonyl (C=O) groups excluding carboxylic acids is 1. The van der Waals surface area contributed by atoms with Crippen LogP contribution in [0.2, 0.25) is 0 Å². The van der Waals surface area contributed by atoms with Crippen molar-refractivity contribution in [3.63, 3.8) is 0 Å². The number of ether oxygens (including phenoxy) is 3. The molecular weight excluding hydrogens is 508 g/mol. The average Bonchev–Trinajstić information content (AvgIpc) is 3.04. The number of carbonyl (C=O) groups is 4. The second-order valence-corrected chi connectivity index (χ2v) is 9.60. The van der Waals surface area contributed by atoms with E-state index in [1.807, 2.05) is 37.3 Å². The van der Waals surface area contributed by atoms with E-state index in [1.165, 1.54) is 13.0 Å². The van der Waals surface area contributed by atoms with E-state index < -0.39 is 71.7 Å². The normalized spacial score (nSPS) is 34.3. The highest BCUT2D eigenvalue weighted by atomic mass is 16.8. The van der Waals surface area contributed by atoms with E-state index in [0.29, 0.717) is 12.0 Å². The molecule has 13 nitrogen and oxygen atoms in total. The lowest BCUT2D eigenvalue weighted by Crippen LogP contribution is -2.77. The second-order valence-electron chi connectivity index (χ2n) is 9.60. The summed E-state index contributed by atoms with van der Waals surface area (Å²) in [5.74, 6) is -10.1. The zero-order valence-electron chi connectivity index (χ0n) is 20.8. The largest absolute Gasteiger partial charge is 0.479 e. The van der Waals surface area contributed by atoms with Gasteiger partial charge < -0.3 is 44.8 Å². The minimum absolute atomic E-state index is 0.274. The van der Waals surface area contributed by atoms with Crippen LogP contribution in [0, 0.1) is 5.92 Å². The van der Waals surface area contributed by atoms with Gasteiger partial charge in [0, 0.05) is 19.3 Å². The van der Waals surface area contributed by atoms with Gasteiger partial charge in [-0.25, -0.2) is 14.4 Å². The molecule has 208 valence electrons. The van der Waals surface area contributed by atoms with Crippen LogP contribution in [0.25, 0.3) is 0 Å². The van der Waals surface area contributed by atoms with Crippen molar-refractivity contribution in [3.05, 3.63) is 47.5 Å². The smallest absolute Gasteiger partial charge is 0.343 e. The summed E-state index contributed by atoms with van der Waals surface area (Å²) in [6, 6.07) is 9.32. The molecule has 0 saturated carbocycles. The Hall–Kier alpha value is -3.36. The molecule has 2 fully saturated rings. The molecule has 1 aromatic rings. The Bertz CT molecular complexity index is 1130. The minimum Gasteiger partial charge on any atom is -0.479 e. The molecule has 2 heterocycles. The second kappa shape index (κ2) is 10.4. The van der Waals surface area contributed by atoms with Gasteiger partial charge in [-0.1, -0.05) is 43.3 Å². The summed E-state index contributed by atoms with van der Waals surface area (Å²) in [7, 11) is 0. The van der Waals surface area contributed by atoms with Crippen LogP contribution >= 0.6 is 0 Å². The van der Waals surface area contributed by atoms with E-state index >= 15 is 0 Å². The number of aliphatic carboxylic acids is 3. The summed E-state index contributed by atoms with van der Waals surface area (Å²) >= 11 is 0. The Labute approximate surface area is 216 Å². The molecule has 2 aliphatic heterocycles. The van der Waals surface area contributed by atoms with Crippen LogP contribution in [-0.4, -0.2) is 95.9 Å². The zero-order valence-corrected chi connectivity index (χ0v) is 20.8. The summed E-state index contributed by atoms with van der Waals surface area (Å²) in [5.41, 5.74) is -5.95. The van der Waals surface area contributed by atoms with E-state index in [-0.39, 0.29) is 5.92 Å². The highest BCUT2D eigenvalue weighted by Gasteiger charge is 2.84. The van der Waals surface area contributed by atoms with Crippen LogP contribution in [-0.2, 0) is 39.8 Å². The van der Waals surface area contributed by atoms with Gasteiger partial charge in [0.15, 0.2) is 0 Å². The molecule has 0 amide bonds. The third-order valence-electron chi connectivity index (χ3n) is 7.00. The van der Waals surface area contributed by atoms with E-state index in [9.17, 15) is 49.8 Å². The van der Waals surface area contributed by atoms with Crippen LogP contribution in [0.3, 0.4) is 0 Å². The fourth-order valence-corrected chi connectivity index (χ4v) is 5.13. The minimum atomic E-state index is -3.81. The summed E-state index contributed by atoms with van der Waals surface area (Å²) in [4.78, 5) is 47.9. The van der Waals surface area contributed by atoms with E-state index in [1.54, 1.807) is 6.92 Å². The van der Waals surface area contributed by atoms with E-state index in [0.717, 1.165) is 5.56 Å². The van der Waals surface area contributed by atoms with Crippen LogP contribution in [0.4, 0.5) is 0 Å². The van der Waals surface area contributed by atoms with Crippen molar-refractivity contribution >= 4 is 23.9 Å². The number of hydrogen-bond acceptors (Lipinski definition) is 10. The highest BCUT2D eigenvalue weighted by molar-refractivity contribution is 5.97. The monoisotopic (exact) mass is 538 g/mol. The number of esters is 1. The van der Waals surface area contributed by atoms with Crippen LogP contribution in [0.1, 0.15) is 32.8 Å². The Morgan fingerprint density at radius 3 is 2.13 bits per heavy atom. The molecule has 8 unspecified atom stereocenters. The predicted octanol–water partition coefficient (Wildman–Crippen LogP) is -0.296. The number of carboxylic acid groups (broad SMARTS) is 3. The van der Waals surface area contributed by atoms with Gasteiger partial charge in [-0.05, 0) is 24.5 Å². The van der Waals surface area contributed by atoms with Gasteiger partial charge in [0.05, 0.1) is 0 Å². The number of hydrogen-bond donors (Lipinski definition) is 6. The van der Waals surface area contributed by atoms with Crippen LogP contribution in [0.5, 0.6) is 0 Å². The van der Waals surface area contributed by atoms with Gasteiger partial charge in [0.25, 0.3) is 0 Å². The van der Waals surface area contributed by atoms with Gasteiger partial charge >= 0.3 is 23.9 Å². The molecule has 2 bridgehead atoms. The first-order valence-electron chi connectivity index (χ1n) is 11.7. The van der Waals surface area contributed by atoms with Crippen LogP contribution < -0.4 is 0 Å². The molecular formula is C25H30O13. The number of benzene rings is 1. The molecule has 8 atom stereocenters. The number of carboxylic acids is 3. The van der Waals surface area contributed by atoms with Crippen molar-refractivity contribution in [1.82, 2.24) is 0 Å². The molecule has 0 radical (unpaired) electrons. The molecule has 2 saturated heterocycles. The van der Waals surface area contributed by atoms with Crippen molar-refractivity contribution in [1.29, 1.82) is 0 Å². The zero-order chi connectivity index (χ0) is 28.6. The van der Waals surface area contributed by atoms with Crippen molar-refractivity contribution in [2.75, 3.05) is 0 Å². The molecule has 0 spiro atoms. The third kappa shape index (κ3) is 4.56. The summed E-state index contributed by atoms with van der Waals surface area (Å²) in [5, 5.41) is 61.3. The van der Waals surface area contributed by atoms with Crippen molar-refractivity contribution < 1.29 is 64.0 Å². The fraction of sp³-hybridized carbons (Fsp3) is 0.520. The summed E-state index contributed by atoms with van der Waals surface area (Å²) in [6.45, 7) is 4.60. The van der Waals surface area contributed by atoms with Gasteiger partial charge in [0.2, 0.25) is 23.1 Å². The van der Waals surface area contributed by atoms with Gasteiger partial charge in [-0.3, -0.25) is 4.79 Å². The standard InChI is InChI=1S/C25H30O13/c1-12(16(36-14(3)26)13(2)11-15-7-5-4-6-8-15)9-10-23-17(27)18(28)25(38-23,22(33)34)24(35,21(31)32)19(37-23)20(29)30/h4-9,13,16-19,27-28,35H,10-11H2,1-3H3,(H,29,30)(H,31,32)(H,33,34)/b12-9+. The molecule has 13 heteroatoms. The molecule has 2 aliphatic rings. The maximum Gasteiger partial charge on any atom is 0.343 e. The molecule has 3 rings (SSSR count). The number of rotatable bonds is 10. The van der Waals surface area contributed by atoms with Crippen molar-refractivity contribution in [2.45, 2.75) is 75.0 Å². The molecule has 0 aliphatic carbocycles. The van der Waals surface area contributed by atoms with Crippen LogP contribution in [0.15, 0.2) is 42.0 Å². The number of aliphatic hydroxyl groups is 3. The summed E-state index contributed by atoms with van der Waals surface area (Å²) in [6.07, 6.45) is -7.20. The first kappa shape index (κ1) is 29.2. The van der Waals surface area contributed by atoms with E-state index in [2.05, 4.69) is 0 Å². The Morgan fingerprint density at radius 2 is 1.63 bits per heavy atom. The SMILES string of the molecule is CC(=O)OC(/C(C)=C/CC12OC(C(=O)O)C(O)(C(=O)O)C(C(=O)O)(O1)C(O)C2O)C(C)Cc1ccccc1. The Morgan fingerprint density at radius 1 is 1.03 bits per heavy atom. The topological polar surface area (TPSA) is 217 Å². The average molecular weight is 539 g/mol. The van der Waals surface area contributed by atoms with Crippen molar-refractivity contribution in [3.8, 4) is 0 Å². The maximum absolute atomic E-state index is 12.2. The van der Waals surface area contributed by atoms with Gasteiger partial charge in [-0.2, -0.15) is 0 Å². The Kier molecular flexibility index (Phi) is 8.01. The number of aliphatic hydroxyl groups excluding tert-OH is 2. The number of fused-ring (bicyclic) bond motifs is 2. The molecule has 0 aromatic heterocycles.